The predicted octanol–water partition coefficient (Wildman–Crippen LogP) is 2.91. The van der Waals surface area contributed by atoms with Gasteiger partial charge in [-0.3, -0.25) is 0 Å². The summed E-state index contributed by atoms with van der Waals surface area (Å²) in [6.07, 6.45) is 0. The first-order valence-electron chi connectivity index (χ1n) is 4.36. The van der Waals surface area contributed by atoms with Crippen LogP contribution >= 0.6 is 12.2 Å². The summed E-state index contributed by atoms with van der Waals surface area (Å²) in [5, 5.41) is 10.8. The molecule has 0 radical (unpaired) electrons. The largest absolute Gasteiger partial charge is 0.477 e. The third-order valence-corrected chi connectivity index (χ3v) is 1.96. The molecule has 0 fully saturated rings. The predicted molar refractivity (Wildman–Crippen MR) is 65.2 cm³/mol. The molecule has 0 aromatic heterocycles. The van der Waals surface area contributed by atoms with E-state index in [1.807, 2.05) is 0 Å². The summed E-state index contributed by atoms with van der Waals surface area (Å²) in [6.45, 7) is 0. The fourth-order valence-electron chi connectivity index (χ4n) is 1.13. The number of rotatable bonds is 1. The fraction of sp³-hybridized carbons (Fsp3) is 0. The number of carboxylic acids is 1. The molecule has 0 heterocycles. The van der Waals surface area contributed by atoms with Crippen LogP contribution in [0, 0.1) is 0 Å². The third kappa shape index (κ3) is 3.87. The van der Waals surface area contributed by atoms with E-state index in [2.05, 4.69) is 60.7 Å². The Morgan fingerprint density at radius 3 is 1.47 bits per heavy atom. The molecule has 0 unspecified atom stereocenters. The fourth-order valence-corrected chi connectivity index (χ4v) is 1.13. The van der Waals surface area contributed by atoms with Gasteiger partial charge in [0, 0.05) is 0 Å². The maximum absolute atomic E-state index is 9.21. The Morgan fingerprint density at radius 1 is 1.00 bits per heavy atom. The summed E-state index contributed by atoms with van der Waals surface area (Å²) in [6, 6.07) is 16.7. The minimum atomic E-state index is -1.06. The topological polar surface area (TPSA) is 37.3 Å². The highest BCUT2D eigenvalue weighted by molar-refractivity contribution is 7.80. The second-order valence-corrected chi connectivity index (χ2v) is 3.04. The first-order chi connectivity index (χ1) is 7.24. The van der Waals surface area contributed by atoms with Gasteiger partial charge >= 0.3 is 5.97 Å². The highest BCUT2D eigenvalue weighted by Gasteiger charge is 1.85. The van der Waals surface area contributed by atoms with E-state index in [-0.39, 0.29) is 0 Å². The zero-order valence-electron chi connectivity index (χ0n) is 7.96. The maximum atomic E-state index is 9.21. The molecule has 0 atom stereocenters. The second-order valence-electron chi connectivity index (χ2n) is 2.80. The molecule has 0 amide bonds. The maximum Gasteiger partial charge on any atom is 0.339 e. The van der Waals surface area contributed by atoms with Crippen LogP contribution in [-0.2, 0) is 4.79 Å². The van der Waals surface area contributed by atoms with Crippen molar-refractivity contribution in [2.24, 2.45) is 0 Å². The molecular formula is C12H10O2S. The van der Waals surface area contributed by atoms with Gasteiger partial charge in [0.1, 0.15) is 0 Å². The van der Waals surface area contributed by atoms with Crippen molar-refractivity contribution in [3.8, 4) is 0 Å². The molecular weight excluding hydrogens is 208 g/mol. The zero-order chi connectivity index (χ0) is 11.1. The Bertz CT molecular complexity index is 400. The van der Waals surface area contributed by atoms with Gasteiger partial charge in [0.05, 0.1) is 5.37 Å². The Hall–Kier alpha value is -1.74. The molecule has 0 saturated carbocycles. The Balaban J connectivity index is 0.000000195. The molecule has 0 bridgehead atoms. The number of benzene rings is 2. The lowest BCUT2D eigenvalue weighted by Gasteiger charge is -1.92. The number of carboxylic acid groups (broad SMARTS) is 1. The molecule has 0 aliphatic heterocycles. The van der Waals surface area contributed by atoms with E-state index in [4.69, 9.17) is 5.11 Å². The summed E-state index contributed by atoms with van der Waals surface area (Å²) >= 11 is 3.95. The molecule has 0 spiro atoms. The van der Waals surface area contributed by atoms with Crippen molar-refractivity contribution in [3.05, 3.63) is 48.5 Å². The lowest BCUT2D eigenvalue weighted by molar-refractivity contribution is -0.128. The molecule has 0 aliphatic carbocycles. The van der Waals surface area contributed by atoms with Crippen molar-refractivity contribution in [2.45, 2.75) is 0 Å². The Labute approximate surface area is 93.2 Å². The zero-order valence-corrected chi connectivity index (χ0v) is 8.78. The van der Waals surface area contributed by atoms with Gasteiger partial charge in [0.2, 0.25) is 0 Å². The van der Waals surface area contributed by atoms with E-state index in [1.165, 1.54) is 10.8 Å². The monoisotopic (exact) mass is 218 g/mol. The van der Waals surface area contributed by atoms with E-state index < -0.39 is 5.97 Å². The van der Waals surface area contributed by atoms with Gasteiger partial charge in [0.15, 0.2) is 0 Å². The molecule has 76 valence electrons. The Morgan fingerprint density at radius 2 is 1.27 bits per heavy atom. The van der Waals surface area contributed by atoms with Gasteiger partial charge in [-0.2, -0.15) is 0 Å². The first-order valence-corrected chi connectivity index (χ1v) is 4.83. The van der Waals surface area contributed by atoms with E-state index >= 15 is 0 Å². The number of fused-ring (bicyclic) bond motifs is 1. The SMILES string of the molecule is O=C(O)C=S.c1ccc2ccccc2c1. The van der Waals surface area contributed by atoms with Crippen LogP contribution in [0.3, 0.4) is 0 Å². The van der Waals surface area contributed by atoms with E-state index in [0.29, 0.717) is 5.37 Å². The van der Waals surface area contributed by atoms with Crippen LogP contribution in [-0.4, -0.2) is 16.4 Å². The smallest absolute Gasteiger partial charge is 0.339 e. The van der Waals surface area contributed by atoms with Crippen LogP contribution < -0.4 is 0 Å². The standard InChI is InChI=1S/C10H8.C2H2O2S/c1-2-6-10-8-4-3-7-9(10)5-1;3-2(4)1-5/h1-8H;1H,(H,3,4). The minimum Gasteiger partial charge on any atom is -0.477 e. The quantitative estimate of drug-likeness (QED) is 0.748. The summed E-state index contributed by atoms with van der Waals surface area (Å²) in [7, 11) is 0. The summed E-state index contributed by atoms with van der Waals surface area (Å²) in [5.41, 5.74) is 0. The molecule has 2 aromatic carbocycles. The van der Waals surface area contributed by atoms with Crippen LogP contribution in [0.1, 0.15) is 0 Å². The van der Waals surface area contributed by atoms with Crippen molar-refractivity contribution >= 4 is 34.3 Å². The Kier molecular flexibility index (Phi) is 4.44. The average Bonchev–Trinajstić information content (AvgIpc) is 2.30. The van der Waals surface area contributed by atoms with Crippen LogP contribution in [0.2, 0.25) is 0 Å². The summed E-state index contributed by atoms with van der Waals surface area (Å²) < 4.78 is 0. The van der Waals surface area contributed by atoms with Gasteiger partial charge in [-0.15, -0.1) is 0 Å². The normalized spacial score (nSPS) is 8.80. The molecule has 3 heteroatoms. The number of hydrogen-bond donors (Lipinski definition) is 1. The molecule has 1 N–H and O–H groups in total. The average molecular weight is 218 g/mol. The van der Waals surface area contributed by atoms with Gasteiger partial charge in [-0.25, -0.2) is 4.79 Å². The lowest BCUT2D eigenvalue weighted by Crippen LogP contribution is -1.89. The van der Waals surface area contributed by atoms with Crippen LogP contribution in [0.5, 0.6) is 0 Å². The van der Waals surface area contributed by atoms with Gasteiger partial charge in [-0.05, 0) is 10.8 Å². The van der Waals surface area contributed by atoms with E-state index in [1.54, 1.807) is 0 Å². The number of hydrogen-bond acceptors (Lipinski definition) is 2. The first kappa shape index (κ1) is 11.3. The molecule has 15 heavy (non-hydrogen) atoms. The van der Waals surface area contributed by atoms with Crippen LogP contribution in [0.25, 0.3) is 10.8 Å². The van der Waals surface area contributed by atoms with Crippen LogP contribution in [0.4, 0.5) is 0 Å². The number of thiocarbonyl (C=S) groups is 1. The second kappa shape index (κ2) is 5.88. The van der Waals surface area contributed by atoms with Crippen molar-refractivity contribution < 1.29 is 9.90 Å². The molecule has 2 rings (SSSR count). The van der Waals surface area contributed by atoms with Crippen molar-refractivity contribution in [1.29, 1.82) is 0 Å². The summed E-state index contributed by atoms with van der Waals surface area (Å²) in [4.78, 5) is 9.21. The number of aliphatic carboxylic acids is 1. The number of carbonyl (C=O) groups is 1. The highest BCUT2D eigenvalue weighted by Crippen LogP contribution is 2.11. The molecule has 0 saturated heterocycles. The van der Waals surface area contributed by atoms with Gasteiger partial charge in [0.25, 0.3) is 0 Å². The van der Waals surface area contributed by atoms with Gasteiger partial charge in [-0.1, -0.05) is 60.7 Å². The lowest BCUT2D eigenvalue weighted by atomic mass is 10.1. The van der Waals surface area contributed by atoms with E-state index in [9.17, 15) is 4.79 Å². The minimum absolute atomic E-state index is 0.667. The van der Waals surface area contributed by atoms with Gasteiger partial charge < -0.3 is 5.11 Å². The van der Waals surface area contributed by atoms with E-state index in [0.717, 1.165) is 0 Å². The summed E-state index contributed by atoms with van der Waals surface area (Å²) in [5.74, 6) is -1.06. The van der Waals surface area contributed by atoms with Crippen LogP contribution in [0.15, 0.2) is 48.5 Å². The third-order valence-electron chi connectivity index (χ3n) is 1.76. The molecule has 0 aliphatic rings. The molecule has 2 aromatic rings. The molecule has 2 nitrogen and oxygen atoms in total. The van der Waals surface area contributed by atoms with Crippen molar-refractivity contribution in [2.75, 3.05) is 0 Å². The van der Waals surface area contributed by atoms with Crippen molar-refractivity contribution in [3.63, 3.8) is 0 Å². The van der Waals surface area contributed by atoms with Crippen molar-refractivity contribution in [1.82, 2.24) is 0 Å². The highest BCUT2D eigenvalue weighted by atomic mass is 32.1.